The Hall–Kier alpha value is -4.94. The number of hydrogen-bond donors (Lipinski definition) is 3. The highest BCUT2D eigenvalue weighted by molar-refractivity contribution is 5.95. The van der Waals surface area contributed by atoms with Crippen LogP contribution in [0.4, 0.5) is 16.0 Å². The van der Waals surface area contributed by atoms with Crippen molar-refractivity contribution in [3.05, 3.63) is 96.9 Å². The van der Waals surface area contributed by atoms with Crippen LogP contribution in [-0.2, 0) is 20.8 Å². The lowest BCUT2D eigenvalue weighted by Crippen LogP contribution is -2.45. The van der Waals surface area contributed by atoms with Crippen LogP contribution in [0.3, 0.4) is 0 Å². The number of anilines is 2. The number of nitrogens with one attached hydrogen (secondary N) is 3. The van der Waals surface area contributed by atoms with E-state index >= 15 is 0 Å². The molecular weight excluding hydrogens is 529 g/mol. The van der Waals surface area contributed by atoms with E-state index in [1.165, 1.54) is 12.1 Å². The zero-order valence-corrected chi connectivity index (χ0v) is 22.0. The van der Waals surface area contributed by atoms with Gasteiger partial charge in [0.05, 0.1) is 48.5 Å². The summed E-state index contributed by atoms with van der Waals surface area (Å²) in [6.07, 6.45) is 5.57. The normalized spacial score (nSPS) is 18.6. The zero-order valence-electron chi connectivity index (χ0n) is 22.0. The van der Waals surface area contributed by atoms with E-state index in [2.05, 4.69) is 30.6 Å². The Morgan fingerprint density at radius 1 is 1.05 bits per heavy atom. The molecule has 3 N–H and O–H groups in total. The van der Waals surface area contributed by atoms with Crippen molar-refractivity contribution in [2.45, 2.75) is 19.8 Å². The number of furan rings is 1. The van der Waals surface area contributed by atoms with Gasteiger partial charge in [0.1, 0.15) is 11.6 Å². The number of hydrogen-bond acceptors (Lipinski definition) is 9. The molecule has 208 valence electrons. The SMILES string of the molecule is CC1(C(=O)Nc2ccncc2)COC(c2nc(-c3ccc(F)cc3)c(-c3ccnc(NCc4ccco4)n3)[nH]2)OC1. The molecule has 1 amide bonds. The molecule has 5 aromatic rings. The first-order valence-electron chi connectivity index (χ1n) is 12.9. The number of imidazole rings is 1. The molecule has 11 nitrogen and oxygen atoms in total. The van der Waals surface area contributed by atoms with Crippen LogP contribution in [0.15, 0.2) is 83.9 Å². The van der Waals surface area contributed by atoms with Gasteiger partial charge in [-0.2, -0.15) is 0 Å². The molecule has 41 heavy (non-hydrogen) atoms. The van der Waals surface area contributed by atoms with E-state index in [4.69, 9.17) is 18.9 Å². The van der Waals surface area contributed by atoms with Gasteiger partial charge in [0.15, 0.2) is 5.82 Å². The van der Waals surface area contributed by atoms with Crippen molar-refractivity contribution < 1.29 is 23.1 Å². The maximum atomic E-state index is 13.7. The number of aromatic nitrogens is 5. The monoisotopic (exact) mass is 555 g/mol. The molecule has 1 fully saturated rings. The summed E-state index contributed by atoms with van der Waals surface area (Å²) in [7, 11) is 0. The highest BCUT2D eigenvalue weighted by Gasteiger charge is 2.41. The number of halogens is 1. The first-order valence-corrected chi connectivity index (χ1v) is 12.9. The number of carbonyl (C=O) groups excluding carboxylic acids is 1. The highest BCUT2D eigenvalue weighted by atomic mass is 19.1. The number of H-pyrrole nitrogens is 1. The standard InChI is InChI=1S/C29H26FN7O4/c1-29(27(38)34-20-8-11-31-12-9-20)16-40-26(41-17-29)25-36-23(18-4-6-19(30)7-5-18)24(37-25)22-10-13-32-28(35-22)33-15-21-3-2-14-39-21/h2-14,26H,15-17H2,1H3,(H,36,37)(H,31,34,38)(H,32,33,35). The summed E-state index contributed by atoms with van der Waals surface area (Å²) >= 11 is 0. The van der Waals surface area contributed by atoms with Crippen LogP contribution in [0.1, 0.15) is 24.8 Å². The van der Waals surface area contributed by atoms with E-state index in [0.717, 1.165) is 5.76 Å². The van der Waals surface area contributed by atoms with Crippen LogP contribution in [0.25, 0.3) is 22.6 Å². The third-order valence-electron chi connectivity index (χ3n) is 6.57. The largest absolute Gasteiger partial charge is 0.467 e. The Labute approximate surface area is 234 Å². The molecule has 0 bridgehead atoms. The van der Waals surface area contributed by atoms with Gasteiger partial charge in [-0.25, -0.2) is 19.3 Å². The van der Waals surface area contributed by atoms with Gasteiger partial charge < -0.3 is 29.5 Å². The smallest absolute Gasteiger partial charge is 0.235 e. The van der Waals surface area contributed by atoms with Gasteiger partial charge in [-0.1, -0.05) is 0 Å². The lowest BCUT2D eigenvalue weighted by molar-refractivity contribution is -0.229. The molecule has 5 heterocycles. The number of rotatable bonds is 8. The van der Waals surface area contributed by atoms with Crippen molar-refractivity contribution in [1.29, 1.82) is 0 Å². The molecule has 4 aromatic heterocycles. The van der Waals surface area contributed by atoms with Crippen LogP contribution >= 0.6 is 0 Å². The highest BCUT2D eigenvalue weighted by Crippen LogP contribution is 2.36. The predicted molar refractivity (Wildman–Crippen MR) is 147 cm³/mol. The third-order valence-corrected chi connectivity index (χ3v) is 6.57. The van der Waals surface area contributed by atoms with Crippen molar-refractivity contribution >= 4 is 17.5 Å². The van der Waals surface area contributed by atoms with Gasteiger partial charge in [0, 0.05) is 29.8 Å². The number of pyridine rings is 1. The number of nitrogens with zero attached hydrogens (tertiary/aromatic N) is 4. The summed E-state index contributed by atoms with van der Waals surface area (Å²) in [6, 6.07) is 14.8. The Morgan fingerprint density at radius 2 is 1.83 bits per heavy atom. The van der Waals surface area contributed by atoms with E-state index in [1.54, 1.807) is 68.2 Å². The summed E-state index contributed by atoms with van der Waals surface area (Å²) in [4.78, 5) is 33.9. The quantitative estimate of drug-likeness (QED) is 0.242. The van der Waals surface area contributed by atoms with Crippen LogP contribution in [0.5, 0.6) is 0 Å². The lowest BCUT2D eigenvalue weighted by Gasteiger charge is -2.35. The fourth-order valence-corrected chi connectivity index (χ4v) is 4.28. The lowest BCUT2D eigenvalue weighted by atomic mass is 9.91. The fourth-order valence-electron chi connectivity index (χ4n) is 4.28. The van der Waals surface area contributed by atoms with Crippen molar-refractivity contribution in [3.63, 3.8) is 0 Å². The maximum absolute atomic E-state index is 13.7. The molecule has 0 unspecified atom stereocenters. The Balaban J connectivity index is 1.24. The molecule has 6 rings (SSSR count). The molecule has 0 aliphatic carbocycles. The average molecular weight is 556 g/mol. The second kappa shape index (κ2) is 11.3. The van der Waals surface area contributed by atoms with E-state index in [-0.39, 0.29) is 24.9 Å². The number of aromatic amines is 1. The summed E-state index contributed by atoms with van der Waals surface area (Å²) in [6.45, 7) is 2.39. The van der Waals surface area contributed by atoms with E-state index in [9.17, 15) is 9.18 Å². The van der Waals surface area contributed by atoms with Gasteiger partial charge in [-0.15, -0.1) is 0 Å². The summed E-state index contributed by atoms with van der Waals surface area (Å²) in [5.74, 6) is 0.925. The van der Waals surface area contributed by atoms with E-state index in [0.29, 0.717) is 46.7 Å². The number of ether oxygens (including phenoxy) is 2. The Morgan fingerprint density at radius 3 is 2.56 bits per heavy atom. The van der Waals surface area contributed by atoms with E-state index < -0.39 is 11.7 Å². The third kappa shape index (κ3) is 5.83. The number of benzene rings is 1. The average Bonchev–Trinajstić information content (AvgIpc) is 3.69. The predicted octanol–water partition coefficient (Wildman–Crippen LogP) is 4.96. The molecule has 1 aromatic carbocycles. The Kier molecular flexibility index (Phi) is 7.23. The van der Waals surface area contributed by atoms with Gasteiger partial charge >= 0.3 is 0 Å². The minimum atomic E-state index is -0.920. The molecule has 0 saturated carbocycles. The van der Waals surface area contributed by atoms with Crippen molar-refractivity contribution in [3.8, 4) is 22.6 Å². The molecule has 12 heteroatoms. The fraction of sp³-hybridized carbons (Fsp3) is 0.207. The van der Waals surface area contributed by atoms with Crippen LogP contribution in [0, 0.1) is 11.2 Å². The van der Waals surface area contributed by atoms with Gasteiger partial charge in [0.2, 0.25) is 18.1 Å². The molecule has 0 radical (unpaired) electrons. The molecular formula is C29H26FN7O4. The minimum absolute atomic E-state index is 0.102. The maximum Gasteiger partial charge on any atom is 0.235 e. The van der Waals surface area contributed by atoms with Gasteiger partial charge in [-0.05, 0) is 61.5 Å². The molecule has 1 aliphatic heterocycles. The first kappa shape index (κ1) is 26.3. The summed E-state index contributed by atoms with van der Waals surface area (Å²) < 4.78 is 31.1. The first-order chi connectivity index (χ1) is 20.0. The minimum Gasteiger partial charge on any atom is -0.467 e. The number of amides is 1. The van der Waals surface area contributed by atoms with Crippen LogP contribution in [-0.4, -0.2) is 44.0 Å². The number of carbonyl (C=O) groups is 1. The van der Waals surface area contributed by atoms with Crippen LogP contribution in [0.2, 0.25) is 0 Å². The second-order valence-electron chi connectivity index (χ2n) is 9.76. The van der Waals surface area contributed by atoms with Crippen LogP contribution < -0.4 is 10.6 Å². The van der Waals surface area contributed by atoms with Gasteiger partial charge in [0.25, 0.3) is 0 Å². The van der Waals surface area contributed by atoms with Gasteiger partial charge in [-0.3, -0.25) is 9.78 Å². The second-order valence-corrected chi connectivity index (χ2v) is 9.76. The van der Waals surface area contributed by atoms with Crippen molar-refractivity contribution in [1.82, 2.24) is 24.9 Å². The molecule has 0 atom stereocenters. The molecule has 0 spiro atoms. The topological polar surface area (TPSA) is 140 Å². The van der Waals surface area contributed by atoms with Crippen molar-refractivity contribution in [2.75, 3.05) is 23.8 Å². The van der Waals surface area contributed by atoms with Crippen molar-refractivity contribution in [2.24, 2.45) is 5.41 Å². The summed E-state index contributed by atoms with van der Waals surface area (Å²) in [5, 5.41) is 6.01. The molecule has 1 saturated heterocycles. The Bertz CT molecular complexity index is 1620. The zero-order chi connectivity index (χ0) is 28.2. The molecule has 1 aliphatic rings. The van der Waals surface area contributed by atoms with E-state index in [1.807, 2.05) is 6.07 Å². The summed E-state index contributed by atoms with van der Waals surface area (Å²) in [5.41, 5.74) is 2.05.